The van der Waals surface area contributed by atoms with E-state index in [9.17, 15) is 14.4 Å². The number of anilines is 1. The van der Waals surface area contributed by atoms with Crippen molar-refractivity contribution in [1.82, 2.24) is 20.1 Å². The van der Waals surface area contributed by atoms with Gasteiger partial charge in [0.15, 0.2) is 0 Å². The number of nitrogens with one attached hydrogen (secondary N) is 2. The largest absolute Gasteiger partial charge is 0.346 e. The number of hydrogen-bond donors (Lipinski definition) is 2. The van der Waals surface area contributed by atoms with Crippen molar-refractivity contribution in [2.45, 2.75) is 19.0 Å². The molecule has 8 nitrogen and oxygen atoms in total. The Morgan fingerprint density at radius 3 is 2.92 bits per heavy atom. The number of rotatable bonds is 3. The Morgan fingerprint density at radius 2 is 2.21 bits per heavy atom. The monoisotopic (exact) mass is 351 g/mol. The van der Waals surface area contributed by atoms with Gasteiger partial charge in [0.25, 0.3) is 0 Å². The van der Waals surface area contributed by atoms with Crippen molar-refractivity contribution in [3.05, 3.63) is 23.4 Å². The van der Waals surface area contributed by atoms with Crippen LogP contribution in [-0.2, 0) is 14.4 Å². The number of fused-ring (bicyclic) bond motifs is 1. The third-order valence-corrected chi connectivity index (χ3v) is 4.60. The van der Waals surface area contributed by atoms with Gasteiger partial charge in [-0.15, -0.1) is 0 Å². The van der Waals surface area contributed by atoms with Crippen molar-refractivity contribution in [2.75, 3.05) is 31.5 Å². The molecule has 9 heteroatoms. The molecule has 0 radical (unpaired) electrons. The van der Waals surface area contributed by atoms with Gasteiger partial charge < -0.3 is 15.5 Å². The fraction of sp³-hybridized carbons (Fsp3) is 0.467. The summed E-state index contributed by atoms with van der Waals surface area (Å²) in [4.78, 5) is 43.3. The molecule has 2 saturated heterocycles. The van der Waals surface area contributed by atoms with Gasteiger partial charge in [-0.25, -0.2) is 4.98 Å². The molecule has 2 aliphatic rings. The van der Waals surface area contributed by atoms with Gasteiger partial charge in [0.1, 0.15) is 5.82 Å². The standard InChI is InChI=1S/C15H18ClN5O3/c1-9(13(22)19-12-3-2-10(16)6-17-12)20-4-5-21-11(8-20)7-18-14(23)15(21)24/h2-3,6,9,11H,4-5,7-8H2,1H3,(H,18,23)(H,17,19,22)/t9-,11-/m1/s1. The van der Waals surface area contributed by atoms with E-state index in [0.29, 0.717) is 37.0 Å². The fourth-order valence-corrected chi connectivity index (χ4v) is 3.05. The number of carbonyl (C=O) groups is 3. The number of carbonyl (C=O) groups excluding carboxylic acids is 3. The first-order chi connectivity index (χ1) is 11.5. The molecule has 0 spiro atoms. The molecule has 0 aromatic carbocycles. The molecule has 1 aromatic heterocycles. The molecule has 24 heavy (non-hydrogen) atoms. The molecule has 0 bridgehead atoms. The highest BCUT2D eigenvalue weighted by atomic mass is 35.5. The zero-order valence-corrected chi connectivity index (χ0v) is 13.9. The van der Waals surface area contributed by atoms with E-state index in [2.05, 4.69) is 15.6 Å². The predicted molar refractivity (Wildman–Crippen MR) is 87.4 cm³/mol. The second-order valence-corrected chi connectivity index (χ2v) is 6.32. The average Bonchev–Trinajstić information content (AvgIpc) is 2.59. The van der Waals surface area contributed by atoms with Crippen LogP contribution in [0.1, 0.15) is 6.92 Å². The first kappa shape index (κ1) is 16.7. The van der Waals surface area contributed by atoms with E-state index in [1.165, 1.54) is 6.20 Å². The summed E-state index contributed by atoms with van der Waals surface area (Å²) in [5, 5.41) is 5.84. The van der Waals surface area contributed by atoms with E-state index < -0.39 is 11.8 Å². The predicted octanol–water partition coefficient (Wildman–Crippen LogP) is -0.295. The van der Waals surface area contributed by atoms with Crippen molar-refractivity contribution >= 4 is 35.1 Å². The fourth-order valence-electron chi connectivity index (χ4n) is 2.94. The molecule has 0 aliphatic carbocycles. The number of nitrogens with zero attached hydrogens (tertiary/aromatic N) is 3. The lowest BCUT2D eigenvalue weighted by Gasteiger charge is -2.44. The van der Waals surface area contributed by atoms with Crippen LogP contribution in [0.2, 0.25) is 5.02 Å². The first-order valence-electron chi connectivity index (χ1n) is 7.71. The Labute approximate surface area is 144 Å². The van der Waals surface area contributed by atoms with Crippen molar-refractivity contribution in [3.63, 3.8) is 0 Å². The lowest BCUT2D eigenvalue weighted by atomic mass is 10.1. The Hall–Kier alpha value is -2.19. The normalized spacial score (nSPS) is 22.6. The molecule has 2 fully saturated rings. The summed E-state index contributed by atoms with van der Waals surface area (Å²) in [5.41, 5.74) is 0. The molecule has 2 N–H and O–H groups in total. The molecule has 3 amide bonds. The summed E-state index contributed by atoms with van der Waals surface area (Å²) < 4.78 is 0. The number of halogens is 1. The number of amides is 3. The number of aromatic nitrogens is 1. The van der Waals surface area contributed by atoms with Gasteiger partial charge in [-0.05, 0) is 19.1 Å². The molecule has 2 aliphatic heterocycles. The molecule has 3 rings (SSSR count). The third-order valence-electron chi connectivity index (χ3n) is 4.37. The maximum absolute atomic E-state index is 12.4. The SMILES string of the molecule is C[C@H](C(=O)Nc1ccc(Cl)cn1)N1CCN2C(=O)C(=O)NC[C@@H]2C1. The summed E-state index contributed by atoms with van der Waals surface area (Å²) in [6.07, 6.45) is 1.47. The van der Waals surface area contributed by atoms with Crippen molar-refractivity contribution in [3.8, 4) is 0 Å². The average molecular weight is 352 g/mol. The Morgan fingerprint density at radius 1 is 1.42 bits per heavy atom. The van der Waals surface area contributed by atoms with Crippen LogP contribution >= 0.6 is 11.6 Å². The van der Waals surface area contributed by atoms with Crippen LogP contribution in [0.15, 0.2) is 18.3 Å². The second kappa shape index (κ2) is 6.74. The minimum absolute atomic E-state index is 0.104. The zero-order valence-electron chi connectivity index (χ0n) is 13.2. The number of pyridine rings is 1. The van der Waals surface area contributed by atoms with E-state index in [4.69, 9.17) is 11.6 Å². The van der Waals surface area contributed by atoms with Gasteiger partial charge in [0, 0.05) is 32.4 Å². The van der Waals surface area contributed by atoms with E-state index in [0.717, 1.165) is 0 Å². The van der Waals surface area contributed by atoms with Gasteiger partial charge in [-0.3, -0.25) is 19.3 Å². The molecular weight excluding hydrogens is 334 g/mol. The van der Waals surface area contributed by atoms with Crippen LogP contribution in [-0.4, -0.2) is 70.8 Å². The maximum Gasteiger partial charge on any atom is 0.312 e. The summed E-state index contributed by atoms with van der Waals surface area (Å²) in [6.45, 7) is 3.73. The van der Waals surface area contributed by atoms with Gasteiger partial charge >= 0.3 is 11.8 Å². The van der Waals surface area contributed by atoms with Crippen LogP contribution < -0.4 is 10.6 Å². The molecule has 3 heterocycles. The third kappa shape index (κ3) is 3.34. The van der Waals surface area contributed by atoms with Crippen molar-refractivity contribution in [2.24, 2.45) is 0 Å². The lowest BCUT2D eigenvalue weighted by molar-refractivity contribution is -0.153. The van der Waals surface area contributed by atoms with E-state index in [1.807, 2.05) is 11.8 Å². The zero-order chi connectivity index (χ0) is 17.3. The molecular formula is C15H18ClN5O3. The van der Waals surface area contributed by atoms with Crippen LogP contribution in [0.5, 0.6) is 0 Å². The Kier molecular flexibility index (Phi) is 4.68. The highest BCUT2D eigenvalue weighted by Crippen LogP contribution is 2.16. The van der Waals surface area contributed by atoms with Crippen LogP contribution in [0.4, 0.5) is 5.82 Å². The Bertz CT molecular complexity index is 666. The van der Waals surface area contributed by atoms with Crippen molar-refractivity contribution < 1.29 is 14.4 Å². The van der Waals surface area contributed by atoms with Gasteiger partial charge in [0.05, 0.1) is 17.1 Å². The number of piperazine rings is 2. The van der Waals surface area contributed by atoms with Gasteiger partial charge in [0.2, 0.25) is 5.91 Å². The number of hydrogen-bond acceptors (Lipinski definition) is 5. The molecule has 0 unspecified atom stereocenters. The summed E-state index contributed by atoms with van der Waals surface area (Å²) in [6, 6.07) is 2.81. The molecule has 2 atom stereocenters. The van der Waals surface area contributed by atoms with Crippen LogP contribution in [0.25, 0.3) is 0 Å². The van der Waals surface area contributed by atoms with Crippen molar-refractivity contribution in [1.29, 1.82) is 0 Å². The van der Waals surface area contributed by atoms with Gasteiger partial charge in [-0.2, -0.15) is 0 Å². The smallest absolute Gasteiger partial charge is 0.312 e. The van der Waals surface area contributed by atoms with Crippen LogP contribution in [0.3, 0.4) is 0 Å². The topological polar surface area (TPSA) is 94.6 Å². The lowest BCUT2D eigenvalue weighted by Crippen LogP contribution is -2.66. The first-order valence-corrected chi connectivity index (χ1v) is 8.09. The minimum Gasteiger partial charge on any atom is -0.346 e. The highest BCUT2D eigenvalue weighted by Gasteiger charge is 2.39. The van der Waals surface area contributed by atoms with E-state index in [-0.39, 0.29) is 18.0 Å². The maximum atomic E-state index is 12.4. The van der Waals surface area contributed by atoms with Gasteiger partial charge in [-0.1, -0.05) is 11.6 Å². The Balaban J connectivity index is 1.60. The minimum atomic E-state index is -0.556. The van der Waals surface area contributed by atoms with E-state index >= 15 is 0 Å². The molecule has 0 saturated carbocycles. The summed E-state index contributed by atoms with van der Waals surface area (Å²) >= 11 is 5.77. The quantitative estimate of drug-likeness (QED) is 0.729. The molecule has 1 aromatic rings. The highest BCUT2D eigenvalue weighted by molar-refractivity contribution is 6.35. The summed E-state index contributed by atoms with van der Waals surface area (Å²) in [7, 11) is 0. The van der Waals surface area contributed by atoms with Crippen LogP contribution in [0, 0.1) is 0 Å². The van der Waals surface area contributed by atoms with E-state index in [1.54, 1.807) is 17.0 Å². The summed E-state index contributed by atoms with van der Waals surface area (Å²) in [5.74, 6) is -0.785. The molecule has 128 valence electrons. The second-order valence-electron chi connectivity index (χ2n) is 5.88.